The van der Waals surface area contributed by atoms with Gasteiger partial charge >= 0.3 is 0 Å². The van der Waals surface area contributed by atoms with E-state index in [1.807, 2.05) is 11.8 Å². The molecule has 1 aliphatic carbocycles. The van der Waals surface area contributed by atoms with Gasteiger partial charge < -0.3 is 16.0 Å². The second kappa shape index (κ2) is 6.04. The lowest BCUT2D eigenvalue weighted by molar-refractivity contribution is 0.0957. The Bertz CT molecular complexity index is 521. The Morgan fingerprint density at radius 1 is 1.43 bits per heavy atom. The molecule has 7 heteroatoms. The van der Waals surface area contributed by atoms with E-state index in [4.69, 9.17) is 5.73 Å². The van der Waals surface area contributed by atoms with Gasteiger partial charge in [0.25, 0.3) is 5.91 Å². The van der Waals surface area contributed by atoms with Gasteiger partial charge in [-0.2, -0.15) is 11.8 Å². The number of anilines is 2. The second-order valence-corrected chi connectivity index (χ2v) is 8.08. The third kappa shape index (κ3) is 3.29. The molecule has 1 saturated heterocycles. The van der Waals surface area contributed by atoms with E-state index in [0.29, 0.717) is 10.7 Å². The molecule has 0 spiro atoms. The normalized spacial score (nSPS) is 20.3. The summed E-state index contributed by atoms with van der Waals surface area (Å²) < 4.78 is 0.269. The molecule has 3 rings (SSSR count). The Labute approximate surface area is 133 Å². The molecule has 0 unspecified atom stereocenters. The molecule has 21 heavy (non-hydrogen) atoms. The van der Waals surface area contributed by atoms with Gasteiger partial charge in [0.05, 0.1) is 0 Å². The van der Waals surface area contributed by atoms with Crippen LogP contribution >= 0.6 is 23.1 Å². The third-order valence-electron chi connectivity index (χ3n) is 4.29. The number of nitrogens with two attached hydrogens (primary N) is 1. The summed E-state index contributed by atoms with van der Waals surface area (Å²) in [5, 5.41) is 3.91. The van der Waals surface area contributed by atoms with Crippen molar-refractivity contribution in [3.05, 3.63) is 4.88 Å². The molecule has 1 saturated carbocycles. The number of aromatic nitrogens is 1. The van der Waals surface area contributed by atoms with Crippen LogP contribution in [0.1, 0.15) is 41.8 Å². The van der Waals surface area contributed by atoms with Gasteiger partial charge in [-0.3, -0.25) is 4.79 Å². The number of carbonyl (C=O) groups excluding carboxylic acids is 1. The fraction of sp³-hybridized carbons (Fsp3) is 0.714. The summed E-state index contributed by atoms with van der Waals surface area (Å²) >= 11 is 3.26. The summed E-state index contributed by atoms with van der Waals surface area (Å²) in [4.78, 5) is 19.5. The Morgan fingerprint density at radius 3 is 2.76 bits per heavy atom. The third-order valence-corrected chi connectivity index (χ3v) is 6.84. The predicted octanol–water partition coefficient (Wildman–Crippen LogP) is 2.34. The van der Waals surface area contributed by atoms with E-state index in [9.17, 15) is 4.79 Å². The standard InChI is InChI=1S/C14H22N4OS2/c1-20-14(5-6-14)9-16-12(19)10-11(15)17-13(21-10)18-7-3-2-4-8-18/h2-9,15H2,1H3,(H,16,19). The Kier molecular flexibility index (Phi) is 4.31. The van der Waals surface area contributed by atoms with Gasteiger partial charge in [-0.1, -0.05) is 11.3 Å². The molecule has 0 bridgehead atoms. The lowest BCUT2D eigenvalue weighted by atomic mass is 10.1. The van der Waals surface area contributed by atoms with Crippen molar-refractivity contribution < 1.29 is 4.79 Å². The molecule has 0 radical (unpaired) electrons. The van der Waals surface area contributed by atoms with E-state index in [2.05, 4.69) is 21.5 Å². The number of nitrogen functional groups attached to an aromatic ring is 1. The second-order valence-electron chi connectivity index (χ2n) is 5.83. The summed E-state index contributed by atoms with van der Waals surface area (Å²) in [6, 6.07) is 0. The first kappa shape index (κ1) is 15.0. The maximum Gasteiger partial charge on any atom is 0.265 e. The smallest absolute Gasteiger partial charge is 0.265 e. The zero-order valence-electron chi connectivity index (χ0n) is 12.4. The van der Waals surface area contributed by atoms with Gasteiger partial charge in [0, 0.05) is 24.4 Å². The van der Waals surface area contributed by atoms with Gasteiger partial charge in [-0.05, 0) is 38.4 Å². The van der Waals surface area contributed by atoms with Crippen LogP contribution < -0.4 is 16.0 Å². The first-order chi connectivity index (χ1) is 10.1. The first-order valence-corrected chi connectivity index (χ1v) is 9.52. The minimum atomic E-state index is -0.0754. The average Bonchev–Trinajstić information content (AvgIpc) is 3.20. The molecule has 0 atom stereocenters. The van der Waals surface area contributed by atoms with Crippen LogP contribution in [0, 0.1) is 0 Å². The molecule has 116 valence electrons. The number of piperidine rings is 1. The first-order valence-electron chi connectivity index (χ1n) is 7.48. The zero-order valence-corrected chi connectivity index (χ0v) is 14.0. The molecule has 0 aromatic carbocycles. The van der Waals surface area contributed by atoms with E-state index < -0.39 is 0 Å². The fourth-order valence-corrected chi connectivity index (χ4v) is 4.30. The van der Waals surface area contributed by atoms with E-state index in [0.717, 1.165) is 24.8 Å². The molecule has 2 aliphatic rings. The number of thiazole rings is 1. The van der Waals surface area contributed by atoms with Crippen molar-refractivity contribution in [3.8, 4) is 0 Å². The molecule has 1 amide bonds. The highest BCUT2D eigenvalue weighted by Gasteiger charge is 2.42. The maximum atomic E-state index is 12.3. The van der Waals surface area contributed by atoms with Gasteiger partial charge in [0.2, 0.25) is 0 Å². The van der Waals surface area contributed by atoms with Crippen LogP contribution in [0.3, 0.4) is 0 Å². The number of rotatable bonds is 5. The van der Waals surface area contributed by atoms with Crippen molar-refractivity contribution in [2.75, 3.05) is 36.5 Å². The number of thioether (sulfide) groups is 1. The quantitative estimate of drug-likeness (QED) is 0.869. The summed E-state index contributed by atoms with van der Waals surface area (Å²) in [5.74, 6) is 0.292. The van der Waals surface area contributed by atoms with Gasteiger partial charge in [-0.25, -0.2) is 4.98 Å². The summed E-state index contributed by atoms with van der Waals surface area (Å²) in [7, 11) is 0. The number of amides is 1. The van der Waals surface area contributed by atoms with Crippen LogP contribution in [0.2, 0.25) is 0 Å². The highest BCUT2D eigenvalue weighted by Crippen LogP contribution is 2.46. The number of carbonyl (C=O) groups is 1. The Morgan fingerprint density at radius 2 is 2.14 bits per heavy atom. The van der Waals surface area contributed by atoms with Crippen molar-refractivity contribution in [3.63, 3.8) is 0 Å². The number of hydrogen-bond acceptors (Lipinski definition) is 6. The van der Waals surface area contributed by atoms with Crippen LogP contribution in [-0.4, -0.2) is 41.5 Å². The lowest BCUT2D eigenvalue weighted by Gasteiger charge is -2.25. The maximum absolute atomic E-state index is 12.3. The van der Waals surface area contributed by atoms with Crippen LogP contribution in [0.5, 0.6) is 0 Å². The Hall–Kier alpha value is -0.950. The highest BCUT2D eigenvalue weighted by atomic mass is 32.2. The molecule has 2 fully saturated rings. The van der Waals surface area contributed by atoms with E-state index in [1.165, 1.54) is 43.4 Å². The van der Waals surface area contributed by atoms with Crippen molar-refractivity contribution in [1.82, 2.24) is 10.3 Å². The van der Waals surface area contributed by atoms with Crippen LogP contribution in [0.25, 0.3) is 0 Å². The van der Waals surface area contributed by atoms with E-state index in [1.54, 1.807) is 0 Å². The average molecular weight is 326 g/mol. The molecular weight excluding hydrogens is 304 g/mol. The van der Waals surface area contributed by atoms with E-state index >= 15 is 0 Å². The minimum absolute atomic E-state index is 0.0754. The Balaban J connectivity index is 1.64. The van der Waals surface area contributed by atoms with E-state index in [-0.39, 0.29) is 10.7 Å². The predicted molar refractivity (Wildman–Crippen MR) is 90.4 cm³/mol. The molecule has 1 aromatic heterocycles. The summed E-state index contributed by atoms with van der Waals surface area (Å²) in [5.41, 5.74) is 5.94. The molecule has 1 aromatic rings. The minimum Gasteiger partial charge on any atom is -0.382 e. The summed E-state index contributed by atoms with van der Waals surface area (Å²) in [6.07, 6.45) is 8.14. The van der Waals surface area contributed by atoms with Gasteiger partial charge in [0.1, 0.15) is 10.7 Å². The fourth-order valence-electron chi connectivity index (χ4n) is 2.62. The molecule has 5 nitrogen and oxygen atoms in total. The van der Waals surface area contributed by atoms with Crippen molar-refractivity contribution in [2.24, 2.45) is 0 Å². The number of hydrogen-bond donors (Lipinski definition) is 2. The molecular formula is C14H22N4OS2. The number of nitrogens with one attached hydrogen (secondary N) is 1. The van der Waals surface area contributed by atoms with Crippen molar-refractivity contribution in [2.45, 2.75) is 36.9 Å². The SMILES string of the molecule is CSC1(CNC(=O)c2sc(N3CCCCC3)nc2N)CC1. The van der Waals surface area contributed by atoms with Gasteiger partial charge in [-0.15, -0.1) is 0 Å². The van der Waals surface area contributed by atoms with Crippen LogP contribution in [-0.2, 0) is 0 Å². The zero-order chi connectivity index (χ0) is 14.9. The topological polar surface area (TPSA) is 71.2 Å². The molecule has 1 aliphatic heterocycles. The number of nitrogens with zero attached hydrogens (tertiary/aromatic N) is 2. The highest BCUT2D eigenvalue weighted by molar-refractivity contribution is 8.00. The van der Waals surface area contributed by atoms with Crippen molar-refractivity contribution in [1.29, 1.82) is 0 Å². The molecule has 2 heterocycles. The molecule has 3 N–H and O–H groups in total. The monoisotopic (exact) mass is 326 g/mol. The van der Waals surface area contributed by atoms with Crippen LogP contribution in [0.15, 0.2) is 0 Å². The van der Waals surface area contributed by atoms with Crippen LogP contribution in [0.4, 0.5) is 10.9 Å². The largest absolute Gasteiger partial charge is 0.382 e. The van der Waals surface area contributed by atoms with Crippen molar-refractivity contribution >= 4 is 40.0 Å². The summed E-state index contributed by atoms with van der Waals surface area (Å²) in [6.45, 7) is 2.76. The van der Waals surface area contributed by atoms with Gasteiger partial charge in [0.15, 0.2) is 5.13 Å². The lowest BCUT2D eigenvalue weighted by Crippen LogP contribution is -2.31.